The highest BCUT2D eigenvalue weighted by Gasteiger charge is 2.37. The van der Waals surface area contributed by atoms with E-state index in [1.54, 1.807) is 56.3 Å². The van der Waals surface area contributed by atoms with Crippen molar-refractivity contribution in [3.05, 3.63) is 98.1 Å². The van der Waals surface area contributed by atoms with Crippen molar-refractivity contribution >= 4 is 46.9 Å². The van der Waals surface area contributed by atoms with Crippen LogP contribution in [0.15, 0.2) is 66.2 Å². The van der Waals surface area contributed by atoms with Crippen LogP contribution in [-0.4, -0.2) is 29.4 Å². The van der Waals surface area contributed by atoms with Crippen LogP contribution in [0.1, 0.15) is 23.6 Å². The van der Waals surface area contributed by atoms with E-state index in [0.29, 0.717) is 22.4 Å². The first kappa shape index (κ1) is 26.4. The van der Waals surface area contributed by atoms with Crippen LogP contribution < -0.4 is 19.7 Å². The monoisotopic (exact) mass is 535 g/mol. The molecule has 1 aliphatic heterocycles. The van der Waals surface area contributed by atoms with Crippen LogP contribution in [0.5, 0.6) is 11.5 Å². The maximum atomic E-state index is 13.2. The van der Waals surface area contributed by atoms with Crippen molar-refractivity contribution in [2.24, 2.45) is 0 Å². The van der Waals surface area contributed by atoms with Crippen LogP contribution in [0.4, 0.5) is 16.2 Å². The van der Waals surface area contributed by atoms with Gasteiger partial charge in [0.05, 0.1) is 22.2 Å². The van der Waals surface area contributed by atoms with Gasteiger partial charge in [-0.15, -0.1) is 0 Å². The standard InChI is InChI=1S/C27H22ClN3O7/c1-3-37-23-14-18(13-21(28)24(23)38-15-17-8-6-9-19(11-17)31(35)36)12-20-25(32)29-27(34)30(26(20)33)22-10-5-4-7-16(22)2/h4-14H,3,15H2,1-2H3,(H,29,32,34)/b20-12+. The zero-order valence-corrected chi connectivity index (χ0v) is 21.2. The van der Waals surface area contributed by atoms with Gasteiger partial charge in [-0.25, -0.2) is 9.69 Å². The minimum atomic E-state index is -0.843. The lowest BCUT2D eigenvalue weighted by Gasteiger charge is -2.27. The fraction of sp³-hybridized carbons (Fsp3) is 0.148. The summed E-state index contributed by atoms with van der Waals surface area (Å²) in [6.45, 7) is 3.75. The number of non-ortho nitro benzene ring substituents is 1. The molecule has 1 N–H and O–H groups in total. The molecule has 0 aliphatic carbocycles. The number of nitrogens with zero attached hydrogens (tertiary/aromatic N) is 2. The number of para-hydroxylation sites is 1. The van der Waals surface area contributed by atoms with Crippen LogP contribution in [0.25, 0.3) is 6.08 Å². The Balaban J connectivity index is 1.66. The molecular weight excluding hydrogens is 514 g/mol. The second kappa shape index (κ2) is 11.1. The number of hydrogen-bond donors (Lipinski definition) is 1. The molecule has 11 heteroatoms. The Morgan fingerprint density at radius 2 is 1.82 bits per heavy atom. The Hall–Kier alpha value is -4.70. The number of ether oxygens (including phenoxy) is 2. The summed E-state index contributed by atoms with van der Waals surface area (Å²) in [7, 11) is 0. The fourth-order valence-electron chi connectivity index (χ4n) is 3.85. The van der Waals surface area contributed by atoms with Gasteiger partial charge in [-0.1, -0.05) is 41.9 Å². The van der Waals surface area contributed by atoms with E-state index < -0.39 is 22.8 Å². The van der Waals surface area contributed by atoms with Crippen LogP contribution >= 0.6 is 11.6 Å². The van der Waals surface area contributed by atoms with E-state index in [1.165, 1.54) is 24.3 Å². The summed E-state index contributed by atoms with van der Waals surface area (Å²) >= 11 is 6.48. The van der Waals surface area contributed by atoms with Crippen molar-refractivity contribution in [1.29, 1.82) is 0 Å². The Morgan fingerprint density at radius 3 is 2.53 bits per heavy atom. The number of benzene rings is 3. The number of halogens is 1. The second-order valence-corrected chi connectivity index (χ2v) is 8.63. The summed E-state index contributed by atoms with van der Waals surface area (Å²) in [4.78, 5) is 49.8. The van der Waals surface area contributed by atoms with Crippen LogP contribution in [-0.2, 0) is 16.2 Å². The molecular formula is C27H22ClN3O7. The zero-order valence-electron chi connectivity index (χ0n) is 20.4. The van der Waals surface area contributed by atoms with E-state index in [2.05, 4.69) is 5.32 Å². The number of rotatable bonds is 8. The molecule has 1 heterocycles. The molecule has 4 rings (SSSR count). The van der Waals surface area contributed by atoms with Gasteiger partial charge in [0, 0.05) is 12.1 Å². The molecule has 3 aromatic carbocycles. The molecule has 0 spiro atoms. The van der Waals surface area contributed by atoms with Crippen molar-refractivity contribution in [2.75, 3.05) is 11.5 Å². The predicted octanol–water partition coefficient (Wildman–Crippen LogP) is 5.20. The molecule has 10 nitrogen and oxygen atoms in total. The number of nitro benzene ring substituents is 1. The van der Waals surface area contributed by atoms with Gasteiger partial charge in [0.2, 0.25) is 0 Å². The van der Waals surface area contributed by atoms with Gasteiger partial charge in [0.25, 0.3) is 17.5 Å². The normalized spacial score (nSPS) is 14.4. The molecule has 0 atom stereocenters. The highest BCUT2D eigenvalue weighted by Crippen LogP contribution is 2.38. The molecule has 0 radical (unpaired) electrons. The summed E-state index contributed by atoms with van der Waals surface area (Å²) < 4.78 is 11.5. The molecule has 1 aliphatic rings. The third-order valence-electron chi connectivity index (χ3n) is 5.61. The summed E-state index contributed by atoms with van der Waals surface area (Å²) in [5, 5.41) is 13.4. The Morgan fingerprint density at radius 1 is 1.05 bits per heavy atom. The highest BCUT2D eigenvalue weighted by atomic mass is 35.5. The molecule has 0 aromatic heterocycles. The first-order valence-electron chi connectivity index (χ1n) is 11.5. The lowest BCUT2D eigenvalue weighted by Crippen LogP contribution is -2.54. The first-order valence-corrected chi connectivity index (χ1v) is 11.9. The van der Waals surface area contributed by atoms with Crippen LogP contribution in [0.3, 0.4) is 0 Å². The van der Waals surface area contributed by atoms with Crippen LogP contribution in [0, 0.1) is 17.0 Å². The van der Waals surface area contributed by atoms with Gasteiger partial charge in [0.15, 0.2) is 11.5 Å². The number of anilines is 1. The Kier molecular flexibility index (Phi) is 7.73. The molecule has 1 saturated heterocycles. The van der Waals surface area contributed by atoms with E-state index in [-0.39, 0.29) is 41.0 Å². The van der Waals surface area contributed by atoms with Gasteiger partial charge in [-0.2, -0.15) is 0 Å². The average molecular weight is 536 g/mol. The highest BCUT2D eigenvalue weighted by molar-refractivity contribution is 6.39. The number of nitrogens with one attached hydrogen (secondary N) is 1. The number of carbonyl (C=O) groups is 3. The number of imide groups is 2. The molecule has 0 saturated carbocycles. The molecule has 1 fully saturated rings. The molecule has 0 bridgehead atoms. The Labute approximate surface area is 222 Å². The summed E-state index contributed by atoms with van der Waals surface area (Å²) in [6, 6.07) is 15.0. The van der Waals surface area contributed by atoms with Gasteiger partial charge < -0.3 is 9.47 Å². The lowest BCUT2D eigenvalue weighted by molar-refractivity contribution is -0.384. The number of hydrogen-bond acceptors (Lipinski definition) is 7. The molecule has 0 unspecified atom stereocenters. The van der Waals surface area contributed by atoms with Gasteiger partial charge >= 0.3 is 6.03 Å². The first-order chi connectivity index (χ1) is 18.2. The van der Waals surface area contributed by atoms with E-state index >= 15 is 0 Å². The van der Waals surface area contributed by atoms with Gasteiger partial charge in [0.1, 0.15) is 12.2 Å². The molecule has 3 aromatic rings. The SMILES string of the molecule is CCOc1cc(/C=C2\C(=O)NC(=O)N(c3ccccc3C)C2=O)cc(Cl)c1OCc1cccc([N+](=O)[O-])c1. The van der Waals surface area contributed by atoms with E-state index in [0.717, 1.165) is 4.90 Å². The van der Waals surface area contributed by atoms with Crippen LogP contribution in [0.2, 0.25) is 5.02 Å². The molecule has 194 valence electrons. The van der Waals surface area contributed by atoms with Gasteiger partial charge in [-0.3, -0.25) is 25.0 Å². The topological polar surface area (TPSA) is 128 Å². The van der Waals surface area contributed by atoms with Crippen molar-refractivity contribution in [1.82, 2.24) is 5.32 Å². The summed E-state index contributed by atoms with van der Waals surface area (Å²) in [6.07, 6.45) is 1.31. The fourth-order valence-corrected chi connectivity index (χ4v) is 4.12. The van der Waals surface area contributed by atoms with Crippen molar-refractivity contribution in [3.63, 3.8) is 0 Å². The van der Waals surface area contributed by atoms with Crippen molar-refractivity contribution < 1.29 is 28.8 Å². The molecule has 38 heavy (non-hydrogen) atoms. The largest absolute Gasteiger partial charge is 0.490 e. The summed E-state index contributed by atoms with van der Waals surface area (Å²) in [5.41, 5.74) is 1.60. The minimum Gasteiger partial charge on any atom is -0.490 e. The van der Waals surface area contributed by atoms with E-state index in [1.807, 2.05) is 0 Å². The minimum absolute atomic E-state index is 0.0176. The maximum Gasteiger partial charge on any atom is 0.335 e. The lowest BCUT2D eigenvalue weighted by atomic mass is 10.1. The van der Waals surface area contributed by atoms with Gasteiger partial charge in [-0.05, 0) is 54.8 Å². The number of barbiturate groups is 1. The number of nitro groups is 1. The number of carbonyl (C=O) groups excluding carboxylic acids is 3. The number of aryl methyl sites for hydroxylation is 1. The maximum absolute atomic E-state index is 13.2. The predicted molar refractivity (Wildman–Crippen MR) is 140 cm³/mol. The summed E-state index contributed by atoms with van der Waals surface area (Å²) in [5.74, 6) is -1.19. The smallest absolute Gasteiger partial charge is 0.335 e. The second-order valence-electron chi connectivity index (χ2n) is 8.22. The Bertz CT molecular complexity index is 1490. The zero-order chi connectivity index (χ0) is 27.4. The van der Waals surface area contributed by atoms with E-state index in [9.17, 15) is 24.5 Å². The van der Waals surface area contributed by atoms with E-state index in [4.69, 9.17) is 21.1 Å². The number of amides is 4. The number of urea groups is 1. The quantitative estimate of drug-likeness (QED) is 0.182. The average Bonchev–Trinajstić information content (AvgIpc) is 2.87. The third-order valence-corrected chi connectivity index (χ3v) is 5.89. The third kappa shape index (κ3) is 5.50. The van der Waals surface area contributed by atoms with Crippen molar-refractivity contribution in [2.45, 2.75) is 20.5 Å². The molecule has 4 amide bonds. The van der Waals surface area contributed by atoms with Crippen molar-refractivity contribution in [3.8, 4) is 11.5 Å².